The number of hydrogen-bond donors (Lipinski definition) is 1. The van der Waals surface area contributed by atoms with Gasteiger partial charge >= 0.3 is 11.9 Å². The molecule has 2 aromatic rings. The molecule has 1 heterocycles. The lowest BCUT2D eigenvalue weighted by Crippen LogP contribution is -2.21. The second-order valence-corrected chi connectivity index (χ2v) is 7.69. The Kier molecular flexibility index (Phi) is 7.14. The van der Waals surface area contributed by atoms with Gasteiger partial charge in [-0.1, -0.05) is 12.1 Å². The number of hydrogen-bond acceptors (Lipinski definition) is 8. The van der Waals surface area contributed by atoms with Crippen LogP contribution in [0.2, 0.25) is 0 Å². The smallest absolute Gasteiger partial charge is 0.341 e. The molecular weight excluding hydrogens is 424 g/mol. The number of nitro groups is 1. The summed E-state index contributed by atoms with van der Waals surface area (Å²) in [6, 6.07) is 5.92. The van der Waals surface area contributed by atoms with E-state index in [9.17, 15) is 24.5 Å². The minimum Gasteiger partial charge on any atom is -0.462 e. The van der Waals surface area contributed by atoms with Crippen LogP contribution in [0.4, 0.5) is 10.7 Å². The molecule has 162 valence electrons. The number of nitrogens with zero attached hydrogens (tertiary/aromatic N) is 1. The van der Waals surface area contributed by atoms with Gasteiger partial charge in [0.2, 0.25) is 0 Å². The van der Waals surface area contributed by atoms with Crippen molar-refractivity contribution < 1.29 is 28.8 Å². The number of aryl methyl sites for hydroxylation is 1. The van der Waals surface area contributed by atoms with E-state index in [-0.39, 0.29) is 17.9 Å². The molecule has 0 fully saturated rings. The van der Waals surface area contributed by atoms with Crippen molar-refractivity contribution >= 4 is 45.9 Å². The molecule has 10 heteroatoms. The number of benzene rings is 1. The van der Waals surface area contributed by atoms with E-state index >= 15 is 0 Å². The Bertz CT molecular complexity index is 1060. The lowest BCUT2D eigenvalue weighted by atomic mass is 10.1. The summed E-state index contributed by atoms with van der Waals surface area (Å²) in [5.41, 5.74) is 1.36. The largest absolute Gasteiger partial charge is 0.462 e. The van der Waals surface area contributed by atoms with Gasteiger partial charge in [-0.2, -0.15) is 0 Å². The number of esters is 2. The number of anilines is 1. The number of ether oxygens (including phenoxy) is 2. The minimum atomic E-state index is -0.826. The topological polar surface area (TPSA) is 125 Å². The fourth-order valence-electron chi connectivity index (χ4n) is 3.21. The Morgan fingerprint density at radius 1 is 1.23 bits per heavy atom. The fourth-order valence-corrected chi connectivity index (χ4v) is 4.51. The lowest BCUT2D eigenvalue weighted by molar-refractivity contribution is -0.385. The van der Waals surface area contributed by atoms with Gasteiger partial charge in [0.1, 0.15) is 5.00 Å². The number of nitrogens with one attached hydrogen (secondary N) is 1. The van der Waals surface area contributed by atoms with Crippen LogP contribution in [0.25, 0.3) is 6.08 Å². The molecule has 0 aliphatic heterocycles. The molecule has 0 spiro atoms. The van der Waals surface area contributed by atoms with Crippen molar-refractivity contribution in [2.24, 2.45) is 0 Å². The molecule has 3 rings (SSSR count). The molecule has 0 saturated heterocycles. The van der Waals surface area contributed by atoms with Crippen LogP contribution in [0.15, 0.2) is 30.3 Å². The third-order valence-electron chi connectivity index (χ3n) is 4.53. The number of fused-ring (bicyclic) bond motifs is 1. The highest BCUT2D eigenvalue weighted by Crippen LogP contribution is 2.39. The van der Waals surface area contributed by atoms with Crippen LogP contribution >= 0.6 is 11.3 Å². The predicted molar refractivity (Wildman–Crippen MR) is 114 cm³/mol. The van der Waals surface area contributed by atoms with Crippen molar-refractivity contribution in [1.82, 2.24) is 0 Å². The van der Waals surface area contributed by atoms with Gasteiger partial charge in [-0.3, -0.25) is 14.9 Å². The predicted octanol–water partition coefficient (Wildman–Crippen LogP) is 3.52. The van der Waals surface area contributed by atoms with Gasteiger partial charge in [-0.05, 0) is 43.9 Å². The van der Waals surface area contributed by atoms with Crippen molar-refractivity contribution in [3.63, 3.8) is 0 Å². The molecule has 0 radical (unpaired) electrons. The molecule has 1 aromatic heterocycles. The molecular formula is C21H20N2O7S. The summed E-state index contributed by atoms with van der Waals surface area (Å²) >= 11 is 1.33. The highest BCUT2D eigenvalue weighted by molar-refractivity contribution is 7.17. The second-order valence-electron chi connectivity index (χ2n) is 6.59. The van der Waals surface area contributed by atoms with Crippen LogP contribution in [0.3, 0.4) is 0 Å². The van der Waals surface area contributed by atoms with Gasteiger partial charge in [0.15, 0.2) is 6.61 Å². The molecule has 1 amide bonds. The molecule has 1 aromatic carbocycles. The van der Waals surface area contributed by atoms with E-state index in [4.69, 9.17) is 9.47 Å². The summed E-state index contributed by atoms with van der Waals surface area (Å²) in [5, 5.41) is 14.0. The normalized spacial score (nSPS) is 12.4. The SMILES string of the molecule is CCOC(=O)c1c(NC(=O)COC(=O)/C=C/c2ccccc2[N+](=O)[O-])sc2c1CCC2. The van der Waals surface area contributed by atoms with E-state index in [1.165, 1.54) is 35.6 Å². The summed E-state index contributed by atoms with van der Waals surface area (Å²) < 4.78 is 10.0. The Labute approximate surface area is 181 Å². The maximum absolute atomic E-state index is 12.3. The Balaban J connectivity index is 1.60. The summed E-state index contributed by atoms with van der Waals surface area (Å²) in [5.74, 6) is -1.91. The van der Waals surface area contributed by atoms with Crippen LogP contribution in [-0.4, -0.2) is 36.0 Å². The molecule has 9 nitrogen and oxygen atoms in total. The number of amides is 1. The average Bonchev–Trinajstić information content (AvgIpc) is 3.31. The minimum absolute atomic E-state index is 0.151. The van der Waals surface area contributed by atoms with Crippen LogP contribution in [0.5, 0.6) is 0 Å². The molecule has 31 heavy (non-hydrogen) atoms. The van der Waals surface area contributed by atoms with Gasteiger partial charge in [-0.25, -0.2) is 9.59 Å². The van der Waals surface area contributed by atoms with E-state index in [2.05, 4.69) is 5.32 Å². The second kappa shape index (κ2) is 9.98. The average molecular weight is 444 g/mol. The Morgan fingerprint density at radius 2 is 2.00 bits per heavy atom. The van der Waals surface area contributed by atoms with Crippen molar-refractivity contribution in [2.45, 2.75) is 26.2 Å². The first kappa shape index (κ1) is 22.2. The number of rotatable bonds is 8. The van der Waals surface area contributed by atoms with Crippen LogP contribution in [0.1, 0.15) is 39.7 Å². The first-order valence-corrected chi connectivity index (χ1v) is 10.4. The lowest BCUT2D eigenvalue weighted by Gasteiger charge is -2.08. The van der Waals surface area contributed by atoms with Gasteiger partial charge in [0.05, 0.1) is 22.7 Å². The molecule has 1 aliphatic rings. The highest BCUT2D eigenvalue weighted by Gasteiger charge is 2.28. The first-order chi connectivity index (χ1) is 14.9. The summed E-state index contributed by atoms with van der Waals surface area (Å²) in [6.45, 7) is 1.37. The molecule has 0 saturated carbocycles. The maximum Gasteiger partial charge on any atom is 0.341 e. The van der Waals surface area contributed by atoms with E-state index in [1.807, 2.05) is 0 Å². The van der Waals surface area contributed by atoms with E-state index in [0.29, 0.717) is 10.6 Å². The summed E-state index contributed by atoms with van der Waals surface area (Å²) in [4.78, 5) is 47.9. The first-order valence-electron chi connectivity index (χ1n) is 9.60. The molecule has 1 aliphatic carbocycles. The molecule has 0 unspecified atom stereocenters. The van der Waals surface area contributed by atoms with E-state index in [0.717, 1.165) is 35.8 Å². The third kappa shape index (κ3) is 5.34. The highest BCUT2D eigenvalue weighted by atomic mass is 32.1. The van der Waals surface area contributed by atoms with Gasteiger partial charge < -0.3 is 14.8 Å². The van der Waals surface area contributed by atoms with E-state index < -0.39 is 29.4 Å². The fraction of sp³-hybridized carbons (Fsp3) is 0.286. The summed E-state index contributed by atoms with van der Waals surface area (Å²) in [6.07, 6.45) is 4.81. The zero-order valence-corrected chi connectivity index (χ0v) is 17.5. The zero-order chi connectivity index (χ0) is 22.4. The van der Waals surface area contributed by atoms with Gasteiger partial charge in [0.25, 0.3) is 11.6 Å². The third-order valence-corrected chi connectivity index (χ3v) is 5.74. The summed E-state index contributed by atoms with van der Waals surface area (Å²) in [7, 11) is 0. The maximum atomic E-state index is 12.3. The van der Waals surface area contributed by atoms with Crippen molar-refractivity contribution in [3.05, 3.63) is 62.0 Å². The number of nitro benzene ring substituents is 1. The van der Waals surface area contributed by atoms with Crippen molar-refractivity contribution in [1.29, 1.82) is 0 Å². The number of carbonyl (C=O) groups is 3. The van der Waals surface area contributed by atoms with Gasteiger partial charge in [0, 0.05) is 17.0 Å². The van der Waals surface area contributed by atoms with Crippen molar-refractivity contribution in [2.75, 3.05) is 18.5 Å². The van der Waals surface area contributed by atoms with Crippen LogP contribution in [-0.2, 0) is 31.9 Å². The monoisotopic (exact) mass is 444 g/mol. The standard InChI is InChI=1S/C21H20N2O7S/c1-2-29-21(26)19-14-7-5-9-16(14)31-20(19)22-17(24)12-30-18(25)11-10-13-6-3-4-8-15(13)23(27)28/h3-4,6,8,10-11H,2,5,7,9,12H2,1H3,(H,22,24)/b11-10+. The number of para-hydroxylation sites is 1. The van der Waals surface area contributed by atoms with E-state index in [1.54, 1.807) is 13.0 Å². The Hall–Kier alpha value is -3.53. The number of thiophene rings is 1. The van der Waals surface area contributed by atoms with Crippen molar-refractivity contribution in [3.8, 4) is 0 Å². The van der Waals surface area contributed by atoms with Crippen LogP contribution in [0, 0.1) is 10.1 Å². The van der Waals surface area contributed by atoms with Gasteiger partial charge in [-0.15, -0.1) is 11.3 Å². The molecule has 0 bridgehead atoms. The quantitative estimate of drug-likeness (QED) is 0.286. The van der Waals surface area contributed by atoms with Crippen LogP contribution < -0.4 is 5.32 Å². The molecule has 0 atom stereocenters. The molecule has 1 N–H and O–H groups in total. The number of carbonyl (C=O) groups excluding carboxylic acids is 3. The Morgan fingerprint density at radius 3 is 2.74 bits per heavy atom. The zero-order valence-electron chi connectivity index (χ0n) is 16.7.